The number of ether oxygens (including phenoxy) is 4. The first-order valence-electron chi connectivity index (χ1n) is 10.9. The number of rotatable bonds is 9. The van der Waals surface area contributed by atoms with Crippen molar-refractivity contribution >= 4 is 0 Å². The van der Waals surface area contributed by atoms with E-state index in [1.54, 1.807) is 6.92 Å². The summed E-state index contributed by atoms with van der Waals surface area (Å²) >= 11 is 0. The molecule has 5 nitrogen and oxygen atoms in total. The van der Waals surface area contributed by atoms with Crippen molar-refractivity contribution in [2.45, 2.75) is 50.8 Å². The van der Waals surface area contributed by atoms with Crippen LogP contribution in [-0.2, 0) is 38.8 Å². The molecule has 0 bridgehead atoms. The minimum atomic E-state index is -1.50. The highest BCUT2D eigenvalue weighted by Crippen LogP contribution is 2.31. The largest absolute Gasteiger partial charge is 0.368 e. The smallest absolute Gasteiger partial charge is 0.192 e. The zero-order valence-electron chi connectivity index (χ0n) is 18.3. The second-order valence-corrected chi connectivity index (χ2v) is 8.18. The van der Waals surface area contributed by atoms with E-state index in [0.717, 1.165) is 16.7 Å². The second-order valence-electron chi connectivity index (χ2n) is 8.18. The van der Waals surface area contributed by atoms with Gasteiger partial charge in [-0.2, -0.15) is 0 Å². The molecule has 1 unspecified atom stereocenters. The fourth-order valence-corrected chi connectivity index (χ4v) is 3.82. The Balaban J connectivity index is 1.50. The quantitative estimate of drug-likeness (QED) is 0.538. The number of hydrogen-bond acceptors (Lipinski definition) is 5. The minimum absolute atomic E-state index is 0.213. The predicted molar refractivity (Wildman–Crippen MR) is 122 cm³/mol. The Morgan fingerprint density at radius 1 is 0.719 bits per heavy atom. The molecule has 0 amide bonds. The van der Waals surface area contributed by atoms with E-state index >= 15 is 0 Å². The van der Waals surface area contributed by atoms with Gasteiger partial charge in [0.25, 0.3) is 0 Å². The fraction of sp³-hybridized carbons (Fsp3) is 0.333. The summed E-state index contributed by atoms with van der Waals surface area (Å²) in [6.45, 7) is 2.98. The van der Waals surface area contributed by atoms with Crippen LogP contribution in [0.2, 0.25) is 0 Å². The van der Waals surface area contributed by atoms with Crippen LogP contribution in [0.5, 0.6) is 0 Å². The maximum absolute atomic E-state index is 11.0. The molecule has 4 rings (SSSR count). The van der Waals surface area contributed by atoms with Gasteiger partial charge in [0.1, 0.15) is 18.3 Å². The van der Waals surface area contributed by atoms with Gasteiger partial charge in [-0.15, -0.1) is 0 Å². The molecular weight excluding hydrogens is 404 g/mol. The Morgan fingerprint density at radius 2 is 1.16 bits per heavy atom. The van der Waals surface area contributed by atoms with Gasteiger partial charge in [0, 0.05) is 0 Å². The van der Waals surface area contributed by atoms with Crippen molar-refractivity contribution in [1.29, 1.82) is 0 Å². The van der Waals surface area contributed by atoms with Gasteiger partial charge in [0.15, 0.2) is 5.79 Å². The molecule has 0 spiro atoms. The molecule has 168 valence electrons. The summed E-state index contributed by atoms with van der Waals surface area (Å²) < 4.78 is 24.5. The number of aliphatic hydroxyl groups is 1. The first-order valence-corrected chi connectivity index (χ1v) is 10.9. The Bertz CT molecular complexity index is 930. The Morgan fingerprint density at radius 3 is 1.66 bits per heavy atom. The molecule has 1 aliphatic rings. The van der Waals surface area contributed by atoms with Crippen LogP contribution < -0.4 is 0 Å². The fourth-order valence-electron chi connectivity index (χ4n) is 3.82. The molecule has 0 aliphatic carbocycles. The monoisotopic (exact) mass is 434 g/mol. The van der Waals surface area contributed by atoms with Crippen molar-refractivity contribution < 1.29 is 24.1 Å². The van der Waals surface area contributed by atoms with E-state index in [1.807, 2.05) is 91.0 Å². The molecule has 3 aromatic carbocycles. The summed E-state index contributed by atoms with van der Waals surface area (Å²) in [5.41, 5.74) is 3.12. The van der Waals surface area contributed by atoms with Gasteiger partial charge in [-0.05, 0) is 23.6 Å². The molecular formula is C27H30O5. The van der Waals surface area contributed by atoms with Gasteiger partial charge in [-0.1, -0.05) is 91.0 Å². The van der Waals surface area contributed by atoms with Gasteiger partial charge >= 0.3 is 0 Å². The minimum Gasteiger partial charge on any atom is -0.368 e. The summed E-state index contributed by atoms with van der Waals surface area (Å²) in [6, 6.07) is 29.8. The van der Waals surface area contributed by atoms with Gasteiger partial charge in [-0.3, -0.25) is 0 Å². The van der Waals surface area contributed by atoms with E-state index < -0.39 is 18.0 Å². The highest BCUT2D eigenvalue weighted by molar-refractivity contribution is 5.15. The number of benzene rings is 3. The molecule has 32 heavy (non-hydrogen) atoms. The van der Waals surface area contributed by atoms with E-state index in [1.165, 1.54) is 0 Å². The van der Waals surface area contributed by atoms with Crippen LogP contribution in [0.25, 0.3) is 0 Å². The average Bonchev–Trinajstić information content (AvgIpc) is 2.83. The lowest BCUT2D eigenvalue weighted by Crippen LogP contribution is -2.61. The Labute approximate surface area is 189 Å². The molecule has 1 heterocycles. The summed E-state index contributed by atoms with van der Waals surface area (Å²) in [5, 5.41) is 11.0. The summed E-state index contributed by atoms with van der Waals surface area (Å²) in [4.78, 5) is 0. The lowest BCUT2D eigenvalue weighted by atomic mass is 9.97. The van der Waals surface area contributed by atoms with E-state index in [2.05, 4.69) is 0 Å². The van der Waals surface area contributed by atoms with Crippen molar-refractivity contribution in [3.05, 3.63) is 108 Å². The van der Waals surface area contributed by atoms with Gasteiger partial charge in [0.2, 0.25) is 0 Å². The van der Waals surface area contributed by atoms with Crippen LogP contribution in [0.3, 0.4) is 0 Å². The van der Waals surface area contributed by atoms with E-state index in [9.17, 15) is 5.11 Å². The van der Waals surface area contributed by atoms with E-state index in [-0.39, 0.29) is 12.7 Å². The first kappa shape index (κ1) is 22.6. The molecule has 1 aliphatic heterocycles. The Kier molecular flexibility index (Phi) is 7.68. The third-order valence-electron chi connectivity index (χ3n) is 5.60. The number of hydrogen-bond donors (Lipinski definition) is 1. The molecule has 3 aromatic rings. The Hall–Kier alpha value is -2.54. The highest BCUT2D eigenvalue weighted by atomic mass is 16.7. The molecule has 0 radical (unpaired) electrons. The SMILES string of the molecule is CC1(O)OC[C@@H](OCc2ccccc2)[C@H](OCc2ccccc2)[C@H]1OCc1ccccc1. The van der Waals surface area contributed by atoms with Crippen molar-refractivity contribution in [3.63, 3.8) is 0 Å². The molecule has 1 N–H and O–H groups in total. The van der Waals surface area contributed by atoms with Crippen LogP contribution in [0.4, 0.5) is 0 Å². The van der Waals surface area contributed by atoms with Crippen LogP contribution in [0.1, 0.15) is 23.6 Å². The average molecular weight is 435 g/mol. The topological polar surface area (TPSA) is 57.2 Å². The molecule has 4 atom stereocenters. The zero-order chi connectivity index (χ0) is 22.2. The molecule has 0 saturated carbocycles. The summed E-state index contributed by atoms with van der Waals surface area (Å²) in [5.74, 6) is -1.50. The van der Waals surface area contributed by atoms with Gasteiger partial charge in [-0.25, -0.2) is 0 Å². The zero-order valence-corrected chi connectivity index (χ0v) is 18.3. The first-order chi connectivity index (χ1) is 15.6. The third kappa shape index (κ3) is 6.03. The van der Waals surface area contributed by atoms with Crippen LogP contribution in [0, 0.1) is 0 Å². The van der Waals surface area contributed by atoms with Gasteiger partial charge < -0.3 is 24.1 Å². The highest BCUT2D eigenvalue weighted by Gasteiger charge is 2.49. The molecule has 1 saturated heterocycles. The third-order valence-corrected chi connectivity index (χ3v) is 5.60. The molecule has 5 heteroatoms. The van der Waals surface area contributed by atoms with Crippen LogP contribution >= 0.6 is 0 Å². The van der Waals surface area contributed by atoms with Crippen molar-refractivity contribution in [1.82, 2.24) is 0 Å². The summed E-state index contributed by atoms with van der Waals surface area (Å²) in [7, 11) is 0. The normalized spacial score (nSPS) is 25.5. The summed E-state index contributed by atoms with van der Waals surface area (Å²) in [6.07, 6.45) is -1.62. The van der Waals surface area contributed by atoms with Crippen molar-refractivity contribution in [3.8, 4) is 0 Å². The maximum Gasteiger partial charge on any atom is 0.192 e. The molecule has 1 fully saturated rings. The van der Waals surface area contributed by atoms with E-state index in [4.69, 9.17) is 18.9 Å². The van der Waals surface area contributed by atoms with Crippen molar-refractivity contribution in [2.75, 3.05) is 6.61 Å². The van der Waals surface area contributed by atoms with Crippen molar-refractivity contribution in [2.24, 2.45) is 0 Å². The standard InChI is InChI=1S/C27H30O5/c1-27(28)26(31-19-23-15-9-4-10-16-23)25(30-18-22-13-7-3-8-14-22)24(20-32-27)29-17-21-11-5-2-6-12-21/h2-16,24-26,28H,17-20H2,1H3/t24-,25+,26-,27?/m1/s1. The predicted octanol–water partition coefficient (Wildman–Crippen LogP) is 4.48. The lowest BCUT2D eigenvalue weighted by molar-refractivity contribution is -0.336. The van der Waals surface area contributed by atoms with Crippen LogP contribution in [0.15, 0.2) is 91.0 Å². The van der Waals surface area contributed by atoms with Gasteiger partial charge in [0.05, 0.1) is 26.4 Å². The van der Waals surface area contributed by atoms with Crippen LogP contribution in [-0.4, -0.2) is 35.8 Å². The molecule has 0 aromatic heterocycles. The lowest BCUT2D eigenvalue weighted by Gasteiger charge is -2.45. The van der Waals surface area contributed by atoms with E-state index in [0.29, 0.717) is 19.8 Å². The maximum atomic E-state index is 11.0. The second kappa shape index (κ2) is 10.9.